The average Bonchev–Trinajstić information content (AvgIpc) is 2.93. The molecular formula is C15H18N2O4. The zero-order valence-electron chi connectivity index (χ0n) is 11.7. The Hall–Kier alpha value is -1.95. The van der Waals surface area contributed by atoms with Crippen molar-refractivity contribution in [3.8, 4) is 0 Å². The molecule has 0 atom stereocenters. The molecule has 1 aliphatic heterocycles. The van der Waals surface area contributed by atoms with Crippen molar-refractivity contribution in [3.63, 3.8) is 0 Å². The highest BCUT2D eigenvalue weighted by molar-refractivity contribution is 5.85. The number of non-ortho nitro benzene ring substituents is 1. The predicted octanol–water partition coefficient (Wildman–Crippen LogP) is 1.78. The van der Waals surface area contributed by atoms with Crippen molar-refractivity contribution in [2.24, 2.45) is 0 Å². The number of nitro benzene ring substituents is 1. The molecule has 1 amide bonds. The summed E-state index contributed by atoms with van der Waals surface area (Å²) in [5, 5.41) is 21.3. The van der Waals surface area contributed by atoms with Gasteiger partial charge in [0.2, 0.25) is 0 Å². The molecule has 1 heterocycles. The molecule has 0 bridgehead atoms. The molecule has 1 aliphatic carbocycles. The number of nitro groups is 1. The molecule has 0 spiro atoms. The van der Waals surface area contributed by atoms with Gasteiger partial charge >= 0.3 is 0 Å². The number of benzene rings is 1. The van der Waals surface area contributed by atoms with Gasteiger partial charge in [0.25, 0.3) is 11.6 Å². The maximum Gasteiger partial charge on any atom is 0.269 e. The Morgan fingerprint density at radius 3 is 2.67 bits per heavy atom. The van der Waals surface area contributed by atoms with E-state index >= 15 is 0 Å². The molecular weight excluding hydrogens is 272 g/mol. The third kappa shape index (κ3) is 2.51. The molecule has 1 fully saturated rings. The zero-order chi connectivity index (χ0) is 15.0. The Balaban J connectivity index is 1.81. The molecule has 0 unspecified atom stereocenters. The van der Waals surface area contributed by atoms with Crippen LogP contribution in [-0.4, -0.2) is 33.0 Å². The summed E-state index contributed by atoms with van der Waals surface area (Å²) in [6.45, 7) is 0.907. The second-order valence-electron chi connectivity index (χ2n) is 5.93. The standard InChI is InChI=1S/C15H18N2O4/c18-14(15(19)6-1-2-7-15)16-8-5-11-3-4-13(17(20)21)9-12(11)10-16/h3-4,9,19H,1-2,5-8,10H2. The second kappa shape index (κ2) is 5.11. The van der Waals surface area contributed by atoms with E-state index in [1.807, 2.05) is 0 Å². The summed E-state index contributed by atoms with van der Waals surface area (Å²) in [6.07, 6.45) is 3.46. The Bertz CT molecular complexity index is 593. The monoisotopic (exact) mass is 290 g/mol. The van der Waals surface area contributed by atoms with E-state index in [0.29, 0.717) is 32.4 Å². The molecule has 3 rings (SSSR count). The molecule has 21 heavy (non-hydrogen) atoms. The van der Waals surface area contributed by atoms with Crippen molar-refractivity contribution < 1.29 is 14.8 Å². The highest BCUT2D eigenvalue weighted by Gasteiger charge is 2.42. The average molecular weight is 290 g/mol. The number of fused-ring (bicyclic) bond motifs is 1. The Kier molecular flexibility index (Phi) is 3.41. The van der Waals surface area contributed by atoms with Gasteiger partial charge in [-0.05, 0) is 43.2 Å². The van der Waals surface area contributed by atoms with Crippen molar-refractivity contribution in [1.82, 2.24) is 4.90 Å². The smallest absolute Gasteiger partial charge is 0.269 e. The minimum Gasteiger partial charge on any atom is -0.380 e. The lowest BCUT2D eigenvalue weighted by Crippen LogP contribution is -2.49. The van der Waals surface area contributed by atoms with E-state index in [4.69, 9.17) is 0 Å². The molecule has 0 saturated heterocycles. The first kappa shape index (κ1) is 14.0. The van der Waals surface area contributed by atoms with E-state index in [-0.39, 0.29) is 11.6 Å². The molecule has 0 aromatic heterocycles. The number of rotatable bonds is 2. The first-order chi connectivity index (χ1) is 9.99. The van der Waals surface area contributed by atoms with Crippen LogP contribution in [0, 0.1) is 10.1 Å². The van der Waals surface area contributed by atoms with Crippen LogP contribution in [0.3, 0.4) is 0 Å². The highest BCUT2D eigenvalue weighted by atomic mass is 16.6. The topological polar surface area (TPSA) is 83.7 Å². The molecule has 2 aliphatic rings. The minimum absolute atomic E-state index is 0.0441. The number of carbonyl (C=O) groups is 1. The lowest BCUT2D eigenvalue weighted by atomic mass is 9.95. The molecule has 1 aromatic carbocycles. The van der Waals surface area contributed by atoms with E-state index in [1.165, 1.54) is 12.1 Å². The minimum atomic E-state index is -1.22. The lowest BCUT2D eigenvalue weighted by Gasteiger charge is -2.34. The maximum absolute atomic E-state index is 12.5. The van der Waals surface area contributed by atoms with Gasteiger partial charge in [-0.1, -0.05) is 6.07 Å². The van der Waals surface area contributed by atoms with Gasteiger partial charge in [-0.2, -0.15) is 0 Å². The number of nitrogens with zero attached hydrogens (tertiary/aromatic N) is 2. The fourth-order valence-electron chi connectivity index (χ4n) is 3.30. The van der Waals surface area contributed by atoms with Crippen LogP contribution in [0.5, 0.6) is 0 Å². The van der Waals surface area contributed by atoms with E-state index < -0.39 is 10.5 Å². The van der Waals surface area contributed by atoms with Gasteiger partial charge in [0.05, 0.1) is 4.92 Å². The van der Waals surface area contributed by atoms with Gasteiger partial charge in [0, 0.05) is 25.2 Å². The first-order valence-corrected chi connectivity index (χ1v) is 7.27. The number of hydrogen-bond donors (Lipinski definition) is 1. The van der Waals surface area contributed by atoms with Crippen LogP contribution < -0.4 is 0 Å². The molecule has 112 valence electrons. The molecule has 1 saturated carbocycles. The SMILES string of the molecule is O=C(N1CCc2ccc([N+](=O)[O-])cc2C1)C1(O)CCCC1. The first-order valence-electron chi connectivity index (χ1n) is 7.27. The maximum atomic E-state index is 12.5. The van der Waals surface area contributed by atoms with Crippen LogP contribution in [0.2, 0.25) is 0 Å². The van der Waals surface area contributed by atoms with Crippen LogP contribution in [0.1, 0.15) is 36.8 Å². The van der Waals surface area contributed by atoms with Gasteiger partial charge in [-0.15, -0.1) is 0 Å². The fraction of sp³-hybridized carbons (Fsp3) is 0.533. The summed E-state index contributed by atoms with van der Waals surface area (Å²) >= 11 is 0. The van der Waals surface area contributed by atoms with Gasteiger partial charge in [0.15, 0.2) is 0 Å². The van der Waals surface area contributed by atoms with Crippen LogP contribution >= 0.6 is 0 Å². The second-order valence-corrected chi connectivity index (χ2v) is 5.93. The van der Waals surface area contributed by atoms with Gasteiger partial charge in [-0.25, -0.2) is 0 Å². The third-order valence-electron chi connectivity index (χ3n) is 4.53. The molecule has 6 nitrogen and oxygen atoms in total. The van der Waals surface area contributed by atoms with Crippen LogP contribution in [-0.2, 0) is 17.8 Å². The van der Waals surface area contributed by atoms with Crippen LogP contribution in [0.25, 0.3) is 0 Å². The van der Waals surface area contributed by atoms with Crippen molar-refractivity contribution in [3.05, 3.63) is 39.4 Å². The summed E-state index contributed by atoms with van der Waals surface area (Å²) < 4.78 is 0. The molecule has 1 aromatic rings. The predicted molar refractivity (Wildman–Crippen MR) is 75.6 cm³/mol. The Morgan fingerprint density at radius 1 is 1.29 bits per heavy atom. The largest absolute Gasteiger partial charge is 0.380 e. The van der Waals surface area contributed by atoms with Crippen molar-refractivity contribution in [2.45, 2.75) is 44.2 Å². The normalized spacial score (nSPS) is 20.1. The number of aliphatic hydroxyl groups is 1. The van der Waals surface area contributed by atoms with Crippen LogP contribution in [0.15, 0.2) is 18.2 Å². The van der Waals surface area contributed by atoms with Crippen molar-refractivity contribution >= 4 is 11.6 Å². The number of carbonyl (C=O) groups excluding carboxylic acids is 1. The van der Waals surface area contributed by atoms with E-state index in [1.54, 1.807) is 11.0 Å². The van der Waals surface area contributed by atoms with E-state index in [2.05, 4.69) is 0 Å². The third-order valence-corrected chi connectivity index (χ3v) is 4.53. The highest BCUT2D eigenvalue weighted by Crippen LogP contribution is 2.33. The Labute approximate surface area is 122 Å². The lowest BCUT2D eigenvalue weighted by molar-refractivity contribution is -0.385. The van der Waals surface area contributed by atoms with Gasteiger partial charge in [0.1, 0.15) is 5.60 Å². The molecule has 6 heteroatoms. The summed E-state index contributed by atoms with van der Waals surface area (Å²) in [7, 11) is 0. The van der Waals surface area contributed by atoms with Crippen LogP contribution in [0.4, 0.5) is 5.69 Å². The summed E-state index contributed by atoms with van der Waals surface area (Å²) in [5.74, 6) is -0.225. The summed E-state index contributed by atoms with van der Waals surface area (Å²) in [6, 6.07) is 4.80. The molecule has 0 radical (unpaired) electrons. The quantitative estimate of drug-likeness (QED) is 0.664. The fourth-order valence-corrected chi connectivity index (χ4v) is 3.30. The summed E-state index contributed by atoms with van der Waals surface area (Å²) in [5.41, 5.74) is 0.675. The zero-order valence-corrected chi connectivity index (χ0v) is 11.7. The van der Waals surface area contributed by atoms with Crippen molar-refractivity contribution in [2.75, 3.05) is 6.54 Å². The van der Waals surface area contributed by atoms with Gasteiger partial charge in [-0.3, -0.25) is 14.9 Å². The van der Waals surface area contributed by atoms with E-state index in [9.17, 15) is 20.0 Å². The number of amides is 1. The number of hydrogen-bond acceptors (Lipinski definition) is 4. The van der Waals surface area contributed by atoms with Gasteiger partial charge < -0.3 is 10.0 Å². The van der Waals surface area contributed by atoms with Crippen molar-refractivity contribution in [1.29, 1.82) is 0 Å². The molecule has 1 N–H and O–H groups in total. The van der Waals surface area contributed by atoms with E-state index in [0.717, 1.165) is 24.0 Å². The Morgan fingerprint density at radius 2 is 2.00 bits per heavy atom. The summed E-state index contributed by atoms with van der Waals surface area (Å²) in [4.78, 5) is 24.6.